The molecule has 0 atom stereocenters. The van der Waals surface area contributed by atoms with E-state index in [-0.39, 0.29) is 5.56 Å². The average Bonchev–Trinajstić information content (AvgIpc) is 3.33. The van der Waals surface area contributed by atoms with Gasteiger partial charge in [0.2, 0.25) is 11.8 Å². The fourth-order valence-corrected chi connectivity index (χ4v) is 3.01. The molecule has 0 bridgehead atoms. The minimum absolute atomic E-state index is 0.125. The molecule has 0 spiro atoms. The minimum Gasteiger partial charge on any atom is -0.403 e. The highest BCUT2D eigenvalue weighted by molar-refractivity contribution is 5.99. The van der Waals surface area contributed by atoms with Crippen molar-refractivity contribution in [3.05, 3.63) is 54.0 Å². The third-order valence-corrected chi connectivity index (χ3v) is 4.42. The van der Waals surface area contributed by atoms with E-state index in [1.807, 2.05) is 25.1 Å². The number of nitrogens with one attached hydrogen (secondary N) is 2. The highest BCUT2D eigenvalue weighted by Crippen LogP contribution is 2.33. The highest BCUT2D eigenvalue weighted by Gasteiger charge is 2.15. The maximum Gasteiger partial charge on any atom is 0.315 e. The van der Waals surface area contributed by atoms with E-state index in [2.05, 4.69) is 20.5 Å². The van der Waals surface area contributed by atoms with Crippen LogP contribution in [-0.4, -0.2) is 27.6 Å². The Morgan fingerprint density at radius 1 is 1.21 bits per heavy atom. The fraction of sp³-hybridized carbons (Fsp3) is 0.150. The number of H-pyrrole nitrogens is 1. The Morgan fingerprint density at radius 3 is 2.82 bits per heavy atom. The van der Waals surface area contributed by atoms with Crippen LogP contribution in [0.3, 0.4) is 0 Å². The lowest BCUT2D eigenvalue weighted by molar-refractivity contribution is 0.1000. The van der Waals surface area contributed by atoms with Gasteiger partial charge in [-0.15, -0.1) is 5.10 Å². The van der Waals surface area contributed by atoms with Gasteiger partial charge in [0, 0.05) is 45.9 Å². The molecule has 1 amide bonds. The molecule has 0 aliphatic carbocycles. The standard InChI is InChI=1S/C20H18FN5O2/c1-2-7-23-20-26-25-19(28-20)12-4-6-17-14(8-12)15(10-24-17)13-5-3-11(18(22)27)9-16(13)21/h3-6,8-10,24H,2,7H2,1H3,(H2,22,27)(H,23,26). The summed E-state index contributed by atoms with van der Waals surface area (Å²) in [5, 5.41) is 11.9. The number of nitrogens with zero attached hydrogens (tertiary/aromatic N) is 2. The van der Waals surface area contributed by atoms with Gasteiger partial charge in [-0.3, -0.25) is 4.79 Å². The van der Waals surface area contributed by atoms with Crippen LogP contribution in [-0.2, 0) is 0 Å². The highest BCUT2D eigenvalue weighted by atomic mass is 19.1. The molecule has 0 unspecified atom stereocenters. The van der Waals surface area contributed by atoms with Gasteiger partial charge in [-0.1, -0.05) is 18.1 Å². The van der Waals surface area contributed by atoms with Crippen molar-refractivity contribution >= 4 is 22.8 Å². The van der Waals surface area contributed by atoms with Crippen LogP contribution in [0.4, 0.5) is 10.4 Å². The lowest BCUT2D eigenvalue weighted by Gasteiger charge is -2.04. The maximum absolute atomic E-state index is 14.6. The zero-order valence-corrected chi connectivity index (χ0v) is 15.1. The Bertz CT molecular complexity index is 1160. The van der Waals surface area contributed by atoms with Gasteiger partial charge >= 0.3 is 6.01 Å². The second-order valence-electron chi connectivity index (χ2n) is 6.36. The fourth-order valence-electron chi connectivity index (χ4n) is 3.01. The number of aromatic amines is 1. The van der Waals surface area contributed by atoms with E-state index in [1.165, 1.54) is 6.07 Å². The molecular formula is C20H18FN5O2. The monoisotopic (exact) mass is 379 g/mol. The van der Waals surface area contributed by atoms with Gasteiger partial charge in [0.25, 0.3) is 0 Å². The molecule has 2 aromatic heterocycles. The number of hydrogen-bond acceptors (Lipinski definition) is 5. The van der Waals surface area contributed by atoms with Crippen LogP contribution in [0.15, 0.2) is 47.0 Å². The van der Waals surface area contributed by atoms with Gasteiger partial charge < -0.3 is 20.5 Å². The third kappa shape index (κ3) is 3.20. The summed E-state index contributed by atoms with van der Waals surface area (Å²) >= 11 is 0. The smallest absolute Gasteiger partial charge is 0.315 e. The first-order chi connectivity index (χ1) is 13.6. The normalized spacial score (nSPS) is 11.1. The van der Waals surface area contributed by atoms with Crippen LogP contribution < -0.4 is 11.1 Å². The molecule has 8 heteroatoms. The number of carbonyl (C=O) groups is 1. The quantitative estimate of drug-likeness (QED) is 0.470. The van der Waals surface area contributed by atoms with E-state index in [4.69, 9.17) is 10.2 Å². The summed E-state index contributed by atoms with van der Waals surface area (Å²) in [7, 11) is 0. The summed E-state index contributed by atoms with van der Waals surface area (Å²) in [5.74, 6) is -0.820. The molecule has 142 valence electrons. The van der Waals surface area contributed by atoms with E-state index >= 15 is 0 Å². The second-order valence-corrected chi connectivity index (χ2v) is 6.36. The second kappa shape index (κ2) is 7.15. The van der Waals surface area contributed by atoms with Gasteiger partial charge in [-0.05, 0) is 36.8 Å². The molecule has 2 heterocycles. The van der Waals surface area contributed by atoms with Crippen LogP contribution in [0, 0.1) is 5.82 Å². The molecule has 4 N–H and O–H groups in total. The zero-order chi connectivity index (χ0) is 19.7. The van der Waals surface area contributed by atoms with Crippen molar-refractivity contribution in [3.8, 4) is 22.6 Å². The average molecular weight is 379 g/mol. The van der Waals surface area contributed by atoms with Gasteiger partial charge in [0.1, 0.15) is 5.82 Å². The predicted octanol–water partition coefficient (Wildman–Crippen LogP) is 3.94. The first-order valence-corrected chi connectivity index (χ1v) is 8.85. The lowest BCUT2D eigenvalue weighted by atomic mass is 10.0. The molecule has 7 nitrogen and oxygen atoms in total. The van der Waals surface area contributed by atoms with Gasteiger partial charge in [-0.2, -0.15) is 0 Å². The number of hydrogen-bond donors (Lipinski definition) is 3. The Labute approximate surface area is 159 Å². The Morgan fingerprint density at radius 2 is 2.07 bits per heavy atom. The van der Waals surface area contributed by atoms with Crippen LogP contribution >= 0.6 is 0 Å². The van der Waals surface area contributed by atoms with Gasteiger partial charge in [0.05, 0.1) is 0 Å². The number of benzene rings is 2. The first kappa shape index (κ1) is 17.7. The van der Waals surface area contributed by atoms with Crippen LogP contribution in [0.5, 0.6) is 0 Å². The van der Waals surface area contributed by atoms with Crippen molar-refractivity contribution < 1.29 is 13.6 Å². The largest absolute Gasteiger partial charge is 0.403 e. The molecule has 0 aliphatic rings. The number of halogens is 1. The molecular weight excluding hydrogens is 361 g/mol. The summed E-state index contributed by atoms with van der Waals surface area (Å²) in [6, 6.07) is 10.1. The molecule has 2 aromatic carbocycles. The third-order valence-electron chi connectivity index (χ3n) is 4.42. The van der Waals surface area contributed by atoms with E-state index in [0.717, 1.165) is 35.5 Å². The summed E-state index contributed by atoms with van der Waals surface area (Å²) in [6.07, 6.45) is 2.66. The van der Waals surface area contributed by atoms with E-state index in [1.54, 1.807) is 12.3 Å². The van der Waals surface area contributed by atoms with E-state index in [0.29, 0.717) is 23.0 Å². The zero-order valence-electron chi connectivity index (χ0n) is 15.1. The molecule has 0 saturated heterocycles. The van der Waals surface area contributed by atoms with E-state index in [9.17, 15) is 9.18 Å². The lowest BCUT2D eigenvalue weighted by Crippen LogP contribution is -2.11. The van der Waals surface area contributed by atoms with Gasteiger partial charge in [0.15, 0.2) is 0 Å². The van der Waals surface area contributed by atoms with Crippen molar-refractivity contribution in [2.75, 3.05) is 11.9 Å². The van der Waals surface area contributed by atoms with E-state index < -0.39 is 11.7 Å². The Balaban J connectivity index is 1.75. The number of primary amides is 1. The SMILES string of the molecule is CCCNc1nnc(-c2ccc3[nH]cc(-c4ccc(C(N)=O)cc4F)c3c2)o1. The maximum atomic E-state index is 14.6. The number of aromatic nitrogens is 3. The number of anilines is 1. The van der Waals surface area contributed by atoms with Crippen LogP contribution in [0.2, 0.25) is 0 Å². The summed E-state index contributed by atoms with van der Waals surface area (Å²) in [4.78, 5) is 14.4. The molecule has 0 aliphatic heterocycles. The van der Waals surface area contributed by atoms with Crippen LogP contribution in [0.1, 0.15) is 23.7 Å². The topological polar surface area (TPSA) is 110 Å². The van der Waals surface area contributed by atoms with Crippen molar-refractivity contribution in [2.45, 2.75) is 13.3 Å². The van der Waals surface area contributed by atoms with Crippen LogP contribution in [0.25, 0.3) is 33.5 Å². The first-order valence-electron chi connectivity index (χ1n) is 8.85. The molecule has 4 rings (SSSR count). The number of nitrogens with two attached hydrogens (primary N) is 1. The van der Waals surface area contributed by atoms with Gasteiger partial charge in [-0.25, -0.2) is 4.39 Å². The predicted molar refractivity (Wildman–Crippen MR) is 104 cm³/mol. The van der Waals surface area contributed by atoms with Crippen molar-refractivity contribution in [2.24, 2.45) is 5.73 Å². The molecule has 0 radical (unpaired) electrons. The van der Waals surface area contributed by atoms with Crippen molar-refractivity contribution in [1.29, 1.82) is 0 Å². The van der Waals surface area contributed by atoms with Crippen molar-refractivity contribution in [3.63, 3.8) is 0 Å². The molecule has 4 aromatic rings. The summed E-state index contributed by atoms with van der Waals surface area (Å²) in [5.41, 5.74) is 7.93. The summed E-state index contributed by atoms with van der Waals surface area (Å²) < 4.78 is 20.2. The molecule has 0 saturated carbocycles. The number of carbonyl (C=O) groups excluding carboxylic acids is 1. The number of rotatable bonds is 6. The minimum atomic E-state index is -0.671. The van der Waals surface area contributed by atoms with Crippen molar-refractivity contribution in [1.82, 2.24) is 15.2 Å². The molecule has 28 heavy (non-hydrogen) atoms. The number of amides is 1. The summed E-state index contributed by atoms with van der Waals surface area (Å²) in [6.45, 7) is 2.78. The Hall–Kier alpha value is -3.68. The Kier molecular flexibility index (Phi) is 4.52. The number of fused-ring (bicyclic) bond motifs is 1. The molecule has 0 fully saturated rings.